The first-order valence-corrected chi connectivity index (χ1v) is 8.20. The Balaban J connectivity index is 1.90. The molecule has 0 aliphatic heterocycles. The summed E-state index contributed by atoms with van der Waals surface area (Å²) in [5.74, 6) is 0.449. The number of benzene rings is 1. The van der Waals surface area contributed by atoms with Crippen molar-refractivity contribution in [1.29, 1.82) is 0 Å². The average molecular weight is 337 g/mol. The molecule has 6 heteroatoms. The standard InChI is InChI=1S/C19H23N5O/c1-19(2,3)16-11-15-18(21-9-10-24(15)22-16)23(4)12-13-5-7-14(8-6-13)17(20)25/h5-11H,12H2,1-4H3,(H2,20,25). The molecule has 0 bridgehead atoms. The maximum atomic E-state index is 11.2. The molecule has 0 atom stereocenters. The number of hydrogen-bond donors (Lipinski definition) is 1. The van der Waals surface area contributed by atoms with Crippen molar-refractivity contribution in [2.24, 2.45) is 5.73 Å². The van der Waals surface area contributed by atoms with Crippen molar-refractivity contribution >= 4 is 17.2 Å². The minimum atomic E-state index is -0.416. The Bertz CT molecular complexity index is 906. The predicted octanol–water partition coefficient (Wildman–Crippen LogP) is 2.76. The van der Waals surface area contributed by atoms with Crippen LogP contribution in [0.25, 0.3) is 5.52 Å². The topological polar surface area (TPSA) is 76.5 Å². The monoisotopic (exact) mass is 337 g/mol. The molecule has 25 heavy (non-hydrogen) atoms. The van der Waals surface area contributed by atoms with Crippen molar-refractivity contribution in [2.45, 2.75) is 32.7 Å². The van der Waals surface area contributed by atoms with Crippen molar-refractivity contribution in [3.63, 3.8) is 0 Å². The lowest BCUT2D eigenvalue weighted by molar-refractivity contribution is 0.100. The van der Waals surface area contributed by atoms with E-state index in [2.05, 4.69) is 41.8 Å². The van der Waals surface area contributed by atoms with Crippen LogP contribution in [0.4, 0.5) is 5.82 Å². The molecule has 2 heterocycles. The summed E-state index contributed by atoms with van der Waals surface area (Å²) in [5, 5.41) is 4.66. The fourth-order valence-electron chi connectivity index (χ4n) is 2.69. The third-order valence-corrected chi connectivity index (χ3v) is 4.16. The molecule has 0 aliphatic rings. The quantitative estimate of drug-likeness (QED) is 0.794. The molecule has 3 rings (SSSR count). The lowest BCUT2D eigenvalue weighted by Gasteiger charge is -2.19. The van der Waals surface area contributed by atoms with E-state index < -0.39 is 5.91 Å². The van der Waals surface area contributed by atoms with Crippen LogP contribution in [-0.4, -0.2) is 27.6 Å². The zero-order chi connectivity index (χ0) is 18.2. The Labute approximate surface area is 147 Å². The molecular weight excluding hydrogens is 314 g/mol. The number of carbonyl (C=O) groups excluding carboxylic acids is 1. The van der Waals surface area contributed by atoms with Crippen LogP contribution in [0.3, 0.4) is 0 Å². The molecule has 2 aromatic heterocycles. The maximum absolute atomic E-state index is 11.2. The summed E-state index contributed by atoms with van der Waals surface area (Å²) in [6.45, 7) is 7.10. The second kappa shape index (κ2) is 6.20. The molecule has 0 fully saturated rings. The molecule has 0 saturated heterocycles. The summed E-state index contributed by atoms with van der Waals surface area (Å²) in [6, 6.07) is 9.41. The molecule has 2 N–H and O–H groups in total. The van der Waals surface area contributed by atoms with E-state index in [1.165, 1.54) is 0 Å². The molecule has 0 aliphatic carbocycles. The first-order valence-electron chi connectivity index (χ1n) is 8.20. The van der Waals surface area contributed by atoms with Crippen LogP contribution in [0.15, 0.2) is 42.7 Å². The van der Waals surface area contributed by atoms with Crippen LogP contribution < -0.4 is 10.6 Å². The highest BCUT2D eigenvalue weighted by atomic mass is 16.1. The number of hydrogen-bond acceptors (Lipinski definition) is 4. The molecule has 6 nitrogen and oxygen atoms in total. The molecule has 130 valence electrons. The minimum Gasteiger partial charge on any atom is -0.366 e. The van der Waals surface area contributed by atoms with Gasteiger partial charge in [0.25, 0.3) is 0 Å². The van der Waals surface area contributed by atoms with Crippen LogP contribution in [0, 0.1) is 0 Å². The number of primary amides is 1. The van der Waals surface area contributed by atoms with Gasteiger partial charge in [-0.1, -0.05) is 32.9 Å². The van der Waals surface area contributed by atoms with Crippen LogP contribution in [0.1, 0.15) is 42.4 Å². The Kier molecular flexibility index (Phi) is 4.20. The summed E-state index contributed by atoms with van der Waals surface area (Å²) in [4.78, 5) is 17.8. The number of anilines is 1. The molecule has 0 radical (unpaired) electrons. The Morgan fingerprint density at radius 3 is 2.52 bits per heavy atom. The van der Waals surface area contributed by atoms with Gasteiger partial charge in [-0.25, -0.2) is 9.50 Å². The summed E-state index contributed by atoms with van der Waals surface area (Å²) in [5.41, 5.74) is 8.86. The van der Waals surface area contributed by atoms with E-state index in [9.17, 15) is 4.79 Å². The second-order valence-electron chi connectivity index (χ2n) is 7.28. The van der Waals surface area contributed by atoms with Gasteiger partial charge in [0, 0.05) is 37.0 Å². The molecular formula is C19H23N5O. The SMILES string of the molecule is CN(Cc1ccc(C(N)=O)cc1)c1nccn2nc(C(C)(C)C)cc12. The van der Waals surface area contributed by atoms with Gasteiger partial charge in [0.15, 0.2) is 5.82 Å². The highest BCUT2D eigenvalue weighted by Crippen LogP contribution is 2.26. The maximum Gasteiger partial charge on any atom is 0.248 e. The first-order chi connectivity index (χ1) is 11.8. The Morgan fingerprint density at radius 2 is 1.92 bits per heavy atom. The minimum absolute atomic E-state index is 0.0214. The Hall–Kier alpha value is -2.89. The fraction of sp³-hybridized carbons (Fsp3) is 0.316. The van der Waals surface area contributed by atoms with Crippen LogP contribution in [-0.2, 0) is 12.0 Å². The summed E-state index contributed by atoms with van der Waals surface area (Å²) < 4.78 is 1.87. The second-order valence-corrected chi connectivity index (χ2v) is 7.28. The van der Waals surface area contributed by atoms with Gasteiger partial charge in [0.2, 0.25) is 5.91 Å². The van der Waals surface area contributed by atoms with E-state index in [0.29, 0.717) is 12.1 Å². The number of aromatic nitrogens is 3. The van der Waals surface area contributed by atoms with E-state index in [-0.39, 0.29) is 5.41 Å². The molecule has 0 spiro atoms. The fourth-order valence-corrected chi connectivity index (χ4v) is 2.69. The summed E-state index contributed by atoms with van der Waals surface area (Å²) in [6.07, 6.45) is 3.62. The van der Waals surface area contributed by atoms with Gasteiger partial charge in [-0.15, -0.1) is 0 Å². The molecule has 0 saturated carbocycles. The van der Waals surface area contributed by atoms with Crippen molar-refractivity contribution in [3.05, 3.63) is 59.5 Å². The largest absolute Gasteiger partial charge is 0.366 e. The van der Waals surface area contributed by atoms with Crippen molar-refractivity contribution in [2.75, 3.05) is 11.9 Å². The number of nitrogens with two attached hydrogens (primary N) is 1. The van der Waals surface area contributed by atoms with Gasteiger partial charge in [-0.3, -0.25) is 4.79 Å². The molecule has 1 amide bonds. The number of rotatable bonds is 4. The third-order valence-electron chi connectivity index (χ3n) is 4.16. The van der Waals surface area contributed by atoms with Crippen molar-refractivity contribution in [3.8, 4) is 0 Å². The molecule has 1 aromatic carbocycles. The van der Waals surface area contributed by atoms with Gasteiger partial charge >= 0.3 is 0 Å². The van der Waals surface area contributed by atoms with Gasteiger partial charge in [0.05, 0.1) is 5.69 Å². The third kappa shape index (κ3) is 3.47. The van der Waals surface area contributed by atoms with E-state index in [0.717, 1.165) is 22.6 Å². The number of carbonyl (C=O) groups is 1. The van der Waals surface area contributed by atoms with Gasteiger partial charge in [-0.2, -0.15) is 5.10 Å². The van der Waals surface area contributed by atoms with Crippen molar-refractivity contribution in [1.82, 2.24) is 14.6 Å². The Morgan fingerprint density at radius 1 is 1.24 bits per heavy atom. The number of nitrogens with zero attached hydrogens (tertiary/aromatic N) is 4. The zero-order valence-electron chi connectivity index (χ0n) is 15.0. The number of fused-ring (bicyclic) bond motifs is 1. The van der Waals surface area contributed by atoms with Crippen LogP contribution in [0.2, 0.25) is 0 Å². The van der Waals surface area contributed by atoms with Gasteiger partial charge in [-0.05, 0) is 23.8 Å². The van der Waals surface area contributed by atoms with Crippen molar-refractivity contribution < 1.29 is 4.79 Å². The van der Waals surface area contributed by atoms with E-state index in [4.69, 9.17) is 5.73 Å². The molecule has 3 aromatic rings. The number of amides is 1. The van der Waals surface area contributed by atoms with E-state index >= 15 is 0 Å². The summed E-state index contributed by atoms with van der Waals surface area (Å²) >= 11 is 0. The van der Waals surface area contributed by atoms with Gasteiger partial charge < -0.3 is 10.6 Å². The average Bonchev–Trinajstić information content (AvgIpc) is 2.99. The van der Waals surface area contributed by atoms with E-state index in [1.54, 1.807) is 18.3 Å². The van der Waals surface area contributed by atoms with Crippen LogP contribution >= 0.6 is 0 Å². The molecule has 0 unspecified atom stereocenters. The van der Waals surface area contributed by atoms with Crippen LogP contribution in [0.5, 0.6) is 0 Å². The normalized spacial score (nSPS) is 11.7. The lowest BCUT2D eigenvalue weighted by atomic mass is 9.92. The highest BCUT2D eigenvalue weighted by molar-refractivity contribution is 5.92. The highest BCUT2D eigenvalue weighted by Gasteiger charge is 2.20. The zero-order valence-corrected chi connectivity index (χ0v) is 15.0. The van der Waals surface area contributed by atoms with E-state index in [1.807, 2.05) is 29.9 Å². The smallest absolute Gasteiger partial charge is 0.248 e. The lowest BCUT2D eigenvalue weighted by Crippen LogP contribution is -2.19. The predicted molar refractivity (Wildman–Crippen MR) is 98.8 cm³/mol. The first kappa shape index (κ1) is 17.0. The van der Waals surface area contributed by atoms with Gasteiger partial charge in [0.1, 0.15) is 5.52 Å². The summed E-state index contributed by atoms with van der Waals surface area (Å²) in [7, 11) is 1.99.